The first-order valence-electron chi connectivity index (χ1n) is 7.21. The summed E-state index contributed by atoms with van der Waals surface area (Å²) in [6.45, 7) is 0.972. The van der Waals surface area contributed by atoms with E-state index in [1.807, 2.05) is 30.3 Å². The van der Waals surface area contributed by atoms with Crippen molar-refractivity contribution < 1.29 is 14.5 Å². The zero-order chi connectivity index (χ0) is 16.2. The molecule has 2 aromatic rings. The van der Waals surface area contributed by atoms with Crippen molar-refractivity contribution in [1.82, 2.24) is 9.88 Å². The van der Waals surface area contributed by atoms with E-state index in [4.69, 9.17) is 4.74 Å². The summed E-state index contributed by atoms with van der Waals surface area (Å²) in [5.74, 6) is 0. The first-order chi connectivity index (χ1) is 11.1. The molecule has 0 unspecified atom stereocenters. The molecule has 0 radical (unpaired) electrons. The van der Waals surface area contributed by atoms with Gasteiger partial charge in [-0.1, -0.05) is 30.3 Å². The van der Waals surface area contributed by atoms with Gasteiger partial charge >= 0.3 is 6.09 Å². The van der Waals surface area contributed by atoms with Crippen LogP contribution in [0.4, 0.5) is 10.5 Å². The molecule has 2 heterocycles. The fourth-order valence-corrected chi connectivity index (χ4v) is 2.48. The molecule has 118 valence electrons. The van der Waals surface area contributed by atoms with Crippen molar-refractivity contribution in [3.8, 4) is 0 Å². The zero-order valence-corrected chi connectivity index (χ0v) is 12.3. The molecule has 0 aliphatic carbocycles. The molecule has 0 atom stereocenters. The fraction of sp³-hybridized carbons (Fsp3) is 0.250. The number of benzene rings is 1. The van der Waals surface area contributed by atoms with Gasteiger partial charge in [-0.05, 0) is 5.56 Å². The van der Waals surface area contributed by atoms with Crippen molar-refractivity contribution in [2.75, 3.05) is 6.54 Å². The van der Waals surface area contributed by atoms with Gasteiger partial charge in [-0.15, -0.1) is 0 Å². The molecule has 3 rings (SSSR count). The normalized spacial score (nSPS) is 13.3. The molecule has 1 aliphatic heterocycles. The minimum atomic E-state index is -0.486. The maximum Gasteiger partial charge on any atom is 0.410 e. The summed E-state index contributed by atoms with van der Waals surface area (Å²) in [5, 5.41) is 10.8. The lowest BCUT2D eigenvalue weighted by Gasteiger charge is -2.27. The van der Waals surface area contributed by atoms with Crippen LogP contribution in [0.1, 0.15) is 16.8 Å². The Labute approximate surface area is 132 Å². The number of pyridine rings is 1. The van der Waals surface area contributed by atoms with Gasteiger partial charge in [0.1, 0.15) is 12.8 Å². The second-order valence-corrected chi connectivity index (χ2v) is 5.27. The van der Waals surface area contributed by atoms with E-state index >= 15 is 0 Å². The van der Waals surface area contributed by atoms with Gasteiger partial charge in [0.25, 0.3) is 5.69 Å². The Morgan fingerprint density at radius 3 is 2.87 bits per heavy atom. The first-order valence-corrected chi connectivity index (χ1v) is 7.21. The molecule has 1 aromatic heterocycles. The molecule has 1 aromatic carbocycles. The number of hydrogen-bond donors (Lipinski definition) is 0. The molecule has 1 aliphatic rings. The molecule has 0 bridgehead atoms. The van der Waals surface area contributed by atoms with Crippen molar-refractivity contribution >= 4 is 11.8 Å². The lowest BCUT2D eigenvalue weighted by molar-refractivity contribution is -0.385. The van der Waals surface area contributed by atoms with Gasteiger partial charge in [-0.25, -0.2) is 4.79 Å². The second kappa shape index (κ2) is 6.43. The Kier molecular flexibility index (Phi) is 4.18. The van der Waals surface area contributed by atoms with Crippen LogP contribution in [0.2, 0.25) is 0 Å². The molecular weight excluding hydrogens is 298 g/mol. The van der Waals surface area contributed by atoms with E-state index in [1.165, 1.54) is 17.2 Å². The fourth-order valence-electron chi connectivity index (χ4n) is 2.48. The maximum absolute atomic E-state index is 12.1. The number of carbonyl (C=O) groups excluding carboxylic acids is 1. The predicted molar refractivity (Wildman–Crippen MR) is 81.6 cm³/mol. The van der Waals surface area contributed by atoms with Crippen molar-refractivity contribution in [3.05, 3.63) is 69.5 Å². The summed E-state index contributed by atoms with van der Waals surface area (Å²) < 4.78 is 5.29. The van der Waals surface area contributed by atoms with E-state index in [1.54, 1.807) is 0 Å². The second-order valence-electron chi connectivity index (χ2n) is 5.27. The third kappa shape index (κ3) is 3.45. The molecule has 23 heavy (non-hydrogen) atoms. The Hall–Kier alpha value is -2.96. The van der Waals surface area contributed by atoms with Crippen LogP contribution in [-0.2, 0) is 24.3 Å². The minimum Gasteiger partial charge on any atom is -0.445 e. The van der Waals surface area contributed by atoms with Gasteiger partial charge in [0, 0.05) is 30.3 Å². The Bertz CT molecular complexity index is 733. The molecule has 0 saturated heterocycles. The lowest BCUT2D eigenvalue weighted by Crippen LogP contribution is -2.36. The van der Waals surface area contributed by atoms with Crippen molar-refractivity contribution in [2.24, 2.45) is 0 Å². The van der Waals surface area contributed by atoms with E-state index in [0.29, 0.717) is 18.5 Å². The summed E-state index contributed by atoms with van der Waals surface area (Å²) in [6, 6.07) is 10.9. The van der Waals surface area contributed by atoms with Gasteiger partial charge in [-0.3, -0.25) is 15.1 Å². The van der Waals surface area contributed by atoms with Crippen LogP contribution in [-0.4, -0.2) is 27.4 Å². The summed E-state index contributed by atoms with van der Waals surface area (Å²) in [7, 11) is 0. The third-order valence-electron chi connectivity index (χ3n) is 3.70. The van der Waals surface area contributed by atoms with Crippen molar-refractivity contribution in [1.29, 1.82) is 0 Å². The topological polar surface area (TPSA) is 85.6 Å². The molecule has 7 nitrogen and oxygen atoms in total. The molecule has 1 amide bonds. The van der Waals surface area contributed by atoms with Crippen molar-refractivity contribution in [3.63, 3.8) is 0 Å². The number of rotatable bonds is 3. The van der Waals surface area contributed by atoms with Gasteiger partial charge < -0.3 is 9.64 Å². The number of nitrogens with zero attached hydrogens (tertiary/aromatic N) is 3. The predicted octanol–water partition coefficient (Wildman–Crippen LogP) is 2.68. The number of hydrogen-bond acceptors (Lipinski definition) is 5. The van der Waals surface area contributed by atoms with E-state index in [0.717, 1.165) is 11.3 Å². The standard InChI is InChI=1S/C16H15N3O4/c20-16(23-11-12-4-2-1-3-5-12)18-7-6-15-13(10-18)8-14(9-17-15)19(21)22/h1-5,8-9H,6-7,10-11H2. The van der Waals surface area contributed by atoms with E-state index in [9.17, 15) is 14.9 Å². The highest BCUT2D eigenvalue weighted by atomic mass is 16.6. The lowest BCUT2D eigenvalue weighted by atomic mass is 10.1. The number of amides is 1. The first kappa shape index (κ1) is 15.0. The largest absolute Gasteiger partial charge is 0.445 e. The maximum atomic E-state index is 12.1. The van der Waals surface area contributed by atoms with E-state index in [2.05, 4.69) is 4.98 Å². The average Bonchev–Trinajstić information content (AvgIpc) is 2.59. The van der Waals surface area contributed by atoms with E-state index < -0.39 is 11.0 Å². The molecular formula is C16H15N3O4. The van der Waals surface area contributed by atoms with Crippen LogP contribution < -0.4 is 0 Å². The van der Waals surface area contributed by atoms with Crippen LogP contribution in [0.5, 0.6) is 0 Å². The summed E-state index contributed by atoms with van der Waals surface area (Å²) >= 11 is 0. The quantitative estimate of drug-likeness (QED) is 0.642. The Morgan fingerprint density at radius 2 is 2.13 bits per heavy atom. The van der Waals surface area contributed by atoms with Gasteiger partial charge in [-0.2, -0.15) is 0 Å². The van der Waals surface area contributed by atoms with Gasteiger partial charge in [0.2, 0.25) is 0 Å². The number of carbonyl (C=O) groups is 1. The minimum absolute atomic E-state index is 0.0664. The molecule has 0 spiro atoms. The Morgan fingerprint density at radius 1 is 1.35 bits per heavy atom. The number of aromatic nitrogens is 1. The van der Waals surface area contributed by atoms with Crippen LogP contribution in [0, 0.1) is 10.1 Å². The molecule has 0 saturated carbocycles. The van der Waals surface area contributed by atoms with Crippen LogP contribution >= 0.6 is 0 Å². The monoisotopic (exact) mass is 313 g/mol. The van der Waals surface area contributed by atoms with Gasteiger partial charge in [0.15, 0.2) is 0 Å². The summed E-state index contributed by atoms with van der Waals surface area (Å²) in [5.41, 5.74) is 2.34. The van der Waals surface area contributed by atoms with Crippen LogP contribution in [0.25, 0.3) is 0 Å². The van der Waals surface area contributed by atoms with E-state index in [-0.39, 0.29) is 18.8 Å². The van der Waals surface area contributed by atoms with Crippen LogP contribution in [0.3, 0.4) is 0 Å². The highest BCUT2D eigenvalue weighted by Gasteiger charge is 2.24. The highest BCUT2D eigenvalue weighted by molar-refractivity contribution is 5.68. The third-order valence-corrected chi connectivity index (χ3v) is 3.70. The number of nitro groups is 1. The number of ether oxygens (including phenoxy) is 1. The van der Waals surface area contributed by atoms with Crippen LogP contribution in [0.15, 0.2) is 42.6 Å². The zero-order valence-electron chi connectivity index (χ0n) is 12.3. The summed E-state index contributed by atoms with van der Waals surface area (Å²) in [6.07, 6.45) is 1.39. The van der Waals surface area contributed by atoms with Crippen molar-refractivity contribution in [2.45, 2.75) is 19.6 Å². The average molecular weight is 313 g/mol. The van der Waals surface area contributed by atoms with Gasteiger partial charge in [0.05, 0.1) is 11.5 Å². The molecule has 7 heteroatoms. The molecule has 0 N–H and O–H groups in total. The summed E-state index contributed by atoms with van der Waals surface area (Å²) in [4.78, 5) is 28.1. The smallest absolute Gasteiger partial charge is 0.410 e. The molecule has 0 fully saturated rings. The SMILES string of the molecule is O=C(OCc1ccccc1)N1CCc2ncc([N+](=O)[O-])cc2C1. The highest BCUT2D eigenvalue weighted by Crippen LogP contribution is 2.22. The number of fused-ring (bicyclic) bond motifs is 1. The Balaban J connectivity index is 1.65.